The maximum Gasteiger partial charge on any atom is 0.0829 e. The van der Waals surface area contributed by atoms with E-state index in [1.54, 1.807) is 0 Å². The molecule has 2 aliphatic rings. The summed E-state index contributed by atoms with van der Waals surface area (Å²) in [6.45, 7) is 13.6. The van der Waals surface area contributed by atoms with Crippen LogP contribution in [0.1, 0.15) is 20.8 Å². The SMILES string of the molecule is CC1CN(C[C@H]2CN(C(C)C)CCO2)C1. The average Bonchev–Trinajstić information content (AvgIpc) is 2.16. The molecule has 2 rings (SSSR count). The Balaban J connectivity index is 1.73. The smallest absolute Gasteiger partial charge is 0.0829 e. The minimum Gasteiger partial charge on any atom is -0.374 e. The molecule has 15 heavy (non-hydrogen) atoms. The number of likely N-dealkylation sites (tertiary alicyclic amines) is 1. The third kappa shape index (κ3) is 2.92. The summed E-state index contributed by atoms with van der Waals surface area (Å²) in [5.41, 5.74) is 0. The van der Waals surface area contributed by atoms with Gasteiger partial charge in [-0.15, -0.1) is 0 Å². The molecule has 0 saturated carbocycles. The van der Waals surface area contributed by atoms with Gasteiger partial charge in [0.25, 0.3) is 0 Å². The molecule has 0 spiro atoms. The molecule has 0 radical (unpaired) electrons. The molecule has 0 aromatic rings. The van der Waals surface area contributed by atoms with E-state index in [-0.39, 0.29) is 0 Å². The molecule has 0 bridgehead atoms. The van der Waals surface area contributed by atoms with Crippen molar-refractivity contribution in [3.05, 3.63) is 0 Å². The van der Waals surface area contributed by atoms with Gasteiger partial charge < -0.3 is 9.64 Å². The predicted molar refractivity (Wildman–Crippen MR) is 62.1 cm³/mol. The van der Waals surface area contributed by atoms with E-state index in [1.807, 2.05) is 0 Å². The van der Waals surface area contributed by atoms with Crippen LogP contribution in [0.3, 0.4) is 0 Å². The highest BCUT2D eigenvalue weighted by Gasteiger charge is 2.28. The van der Waals surface area contributed by atoms with Crippen molar-refractivity contribution in [2.24, 2.45) is 5.92 Å². The molecule has 0 N–H and O–H groups in total. The first-order valence-corrected chi connectivity index (χ1v) is 6.23. The molecule has 0 aliphatic carbocycles. The van der Waals surface area contributed by atoms with E-state index in [0.29, 0.717) is 12.1 Å². The standard InChI is InChI=1S/C12H24N2O/c1-10(2)14-4-5-15-12(9-14)8-13-6-11(3)7-13/h10-12H,4-9H2,1-3H3/t12-/m0/s1. The van der Waals surface area contributed by atoms with E-state index in [4.69, 9.17) is 4.74 Å². The molecule has 3 nitrogen and oxygen atoms in total. The van der Waals surface area contributed by atoms with Gasteiger partial charge >= 0.3 is 0 Å². The average molecular weight is 212 g/mol. The molecule has 88 valence electrons. The molecule has 1 atom stereocenters. The normalized spacial score (nSPS) is 30.8. The number of hydrogen-bond acceptors (Lipinski definition) is 3. The largest absolute Gasteiger partial charge is 0.374 e. The molecule has 0 aromatic heterocycles. The summed E-state index contributed by atoms with van der Waals surface area (Å²) in [6, 6.07) is 0.659. The maximum atomic E-state index is 5.82. The van der Waals surface area contributed by atoms with E-state index >= 15 is 0 Å². The summed E-state index contributed by atoms with van der Waals surface area (Å²) in [5.74, 6) is 0.898. The predicted octanol–water partition coefficient (Wildman–Crippen LogP) is 1.05. The fourth-order valence-electron chi connectivity index (χ4n) is 2.59. The van der Waals surface area contributed by atoms with Crippen LogP contribution in [-0.2, 0) is 4.74 Å². The fraction of sp³-hybridized carbons (Fsp3) is 1.00. The zero-order valence-corrected chi connectivity index (χ0v) is 10.3. The van der Waals surface area contributed by atoms with Gasteiger partial charge in [0.05, 0.1) is 12.7 Å². The van der Waals surface area contributed by atoms with Crippen LogP contribution in [0, 0.1) is 5.92 Å². The van der Waals surface area contributed by atoms with E-state index in [9.17, 15) is 0 Å². The Labute approximate surface area is 93.4 Å². The molecule has 2 aliphatic heterocycles. The molecule has 2 heterocycles. The first-order valence-electron chi connectivity index (χ1n) is 6.23. The molecular weight excluding hydrogens is 188 g/mol. The first-order chi connectivity index (χ1) is 7.15. The number of nitrogens with zero attached hydrogens (tertiary/aromatic N) is 2. The lowest BCUT2D eigenvalue weighted by Gasteiger charge is -2.42. The van der Waals surface area contributed by atoms with Crippen molar-refractivity contribution < 1.29 is 4.74 Å². The van der Waals surface area contributed by atoms with Gasteiger partial charge in [-0.2, -0.15) is 0 Å². The Morgan fingerprint density at radius 2 is 2.00 bits per heavy atom. The van der Waals surface area contributed by atoms with Crippen LogP contribution in [0.4, 0.5) is 0 Å². The summed E-state index contributed by atoms with van der Waals surface area (Å²) < 4.78 is 5.82. The van der Waals surface area contributed by atoms with E-state index in [2.05, 4.69) is 30.6 Å². The molecule has 0 aromatic carbocycles. The molecule has 0 unspecified atom stereocenters. The van der Waals surface area contributed by atoms with Crippen molar-refractivity contribution >= 4 is 0 Å². The molecular formula is C12H24N2O. The molecule has 0 amide bonds. The lowest BCUT2D eigenvalue weighted by Crippen LogP contribution is -2.54. The highest BCUT2D eigenvalue weighted by atomic mass is 16.5. The van der Waals surface area contributed by atoms with Crippen LogP contribution in [0.2, 0.25) is 0 Å². The molecule has 2 fully saturated rings. The quantitative estimate of drug-likeness (QED) is 0.695. The zero-order chi connectivity index (χ0) is 10.8. The Kier molecular flexibility index (Phi) is 3.65. The van der Waals surface area contributed by atoms with Crippen LogP contribution in [0.25, 0.3) is 0 Å². The van der Waals surface area contributed by atoms with Crippen molar-refractivity contribution in [1.29, 1.82) is 0 Å². The summed E-state index contributed by atoms with van der Waals surface area (Å²) in [5, 5.41) is 0. The van der Waals surface area contributed by atoms with Gasteiger partial charge in [-0.05, 0) is 19.8 Å². The van der Waals surface area contributed by atoms with Gasteiger partial charge in [0.2, 0.25) is 0 Å². The summed E-state index contributed by atoms with van der Waals surface area (Å²) in [7, 11) is 0. The second-order valence-corrected chi connectivity index (χ2v) is 5.41. The third-order valence-corrected chi connectivity index (χ3v) is 3.50. The lowest BCUT2D eigenvalue weighted by atomic mass is 10.0. The number of hydrogen-bond donors (Lipinski definition) is 0. The van der Waals surface area contributed by atoms with Crippen molar-refractivity contribution in [2.45, 2.75) is 32.9 Å². The van der Waals surface area contributed by atoms with Gasteiger partial charge in [-0.1, -0.05) is 6.92 Å². The Hall–Kier alpha value is -0.120. The van der Waals surface area contributed by atoms with Crippen LogP contribution in [-0.4, -0.2) is 61.3 Å². The monoisotopic (exact) mass is 212 g/mol. The van der Waals surface area contributed by atoms with Gasteiger partial charge in [0.1, 0.15) is 0 Å². The van der Waals surface area contributed by atoms with E-state index in [0.717, 1.165) is 32.2 Å². The van der Waals surface area contributed by atoms with Crippen molar-refractivity contribution in [1.82, 2.24) is 9.80 Å². The van der Waals surface area contributed by atoms with Crippen LogP contribution in [0.5, 0.6) is 0 Å². The van der Waals surface area contributed by atoms with Crippen molar-refractivity contribution in [3.8, 4) is 0 Å². The van der Waals surface area contributed by atoms with Crippen molar-refractivity contribution in [2.75, 3.05) is 39.3 Å². The lowest BCUT2D eigenvalue weighted by molar-refractivity contribution is -0.0647. The van der Waals surface area contributed by atoms with Crippen LogP contribution < -0.4 is 0 Å². The summed E-state index contributed by atoms with van der Waals surface area (Å²) >= 11 is 0. The summed E-state index contributed by atoms with van der Waals surface area (Å²) in [4.78, 5) is 5.04. The first kappa shape index (κ1) is 11.4. The number of rotatable bonds is 3. The minimum absolute atomic E-state index is 0.439. The Morgan fingerprint density at radius 3 is 2.60 bits per heavy atom. The Morgan fingerprint density at radius 1 is 1.27 bits per heavy atom. The minimum atomic E-state index is 0.439. The molecule has 3 heteroatoms. The Bertz CT molecular complexity index is 202. The zero-order valence-electron chi connectivity index (χ0n) is 10.3. The molecule has 2 saturated heterocycles. The highest BCUT2D eigenvalue weighted by molar-refractivity contribution is 4.82. The van der Waals surface area contributed by atoms with Crippen LogP contribution >= 0.6 is 0 Å². The van der Waals surface area contributed by atoms with E-state index in [1.165, 1.54) is 13.1 Å². The van der Waals surface area contributed by atoms with Gasteiger partial charge in [-0.25, -0.2) is 0 Å². The summed E-state index contributed by atoms with van der Waals surface area (Å²) in [6.07, 6.45) is 0.439. The van der Waals surface area contributed by atoms with Gasteiger partial charge in [0.15, 0.2) is 0 Å². The second kappa shape index (κ2) is 4.81. The van der Waals surface area contributed by atoms with Crippen molar-refractivity contribution in [3.63, 3.8) is 0 Å². The number of ether oxygens (including phenoxy) is 1. The van der Waals surface area contributed by atoms with E-state index < -0.39 is 0 Å². The van der Waals surface area contributed by atoms with Crippen LogP contribution in [0.15, 0.2) is 0 Å². The number of morpholine rings is 1. The highest BCUT2D eigenvalue weighted by Crippen LogP contribution is 2.17. The second-order valence-electron chi connectivity index (χ2n) is 5.41. The van der Waals surface area contributed by atoms with Gasteiger partial charge in [0, 0.05) is 38.8 Å². The maximum absolute atomic E-state index is 5.82. The third-order valence-electron chi connectivity index (χ3n) is 3.50. The van der Waals surface area contributed by atoms with Gasteiger partial charge in [-0.3, -0.25) is 4.90 Å². The fourth-order valence-corrected chi connectivity index (χ4v) is 2.59. The topological polar surface area (TPSA) is 15.7 Å².